The lowest BCUT2D eigenvalue weighted by atomic mass is 10.0. The Hall–Kier alpha value is -2.02. The van der Waals surface area contributed by atoms with E-state index in [-0.39, 0.29) is 5.91 Å². The highest BCUT2D eigenvalue weighted by Gasteiger charge is 2.22. The number of carbonyl (C=O) groups excluding carboxylic acids is 1. The average molecular weight is 361 g/mol. The van der Waals surface area contributed by atoms with E-state index in [1.807, 2.05) is 36.1 Å². The van der Waals surface area contributed by atoms with Gasteiger partial charge < -0.3 is 14.1 Å². The number of ether oxygens (including phenoxy) is 1. The van der Waals surface area contributed by atoms with Crippen molar-refractivity contribution in [3.8, 4) is 17.2 Å². The summed E-state index contributed by atoms with van der Waals surface area (Å²) in [7, 11) is 0. The number of benzene rings is 1. The van der Waals surface area contributed by atoms with Gasteiger partial charge in [0.05, 0.1) is 17.9 Å². The van der Waals surface area contributed by atoms with Crippen molar-refractivity contribution >= 4 is 17.7 Å². The van der Waals surface area contributed by atoms with Gasteiger partial charge >= 0.3 is 0 Å². The number of rotatable bonds is 6. The number of aromatic nitrogens is 2. The molecule has 7 heteroatoms. The maximum absolute atomic E-state index is 12.3. The van der Waals surface area contributed by atoms with Crippen LogP contribution in [0.3, 0.4) is 0 Å². The standard InChI is InChI=1S/C18H23N3O3S/c1-3-23-15-9-5-4-8-14(15)17-19-20-18(24-17)25-12-16(22)21-10-6-7-13(2)11-21/h4-5,8-9,13H,3,6-7,10-12H2,1-2H3. The number of amides is 1. The molecular formula is C18H23N3O3S. The summed E-state index contributed by atoms with van der Waals surface area (Å²) >= 11 is 1.29. The molecular weight excluding hydrogens is 338 g/mol. The van der Waals surface area contributed by atoms with Gasteiger partial charge in [0, 0.05) is 13.1 Å². The Balaban J connectivity index is 1.61. The van der Waals surface area contributed by atoms with Crippen molar-refractivity contribution in [2.75, 3.05) is 25.4 Å². The summed E-state index contributed by atoms with van der Waals surface area (Å²) in [4.78, 5) is 14.3. The molecule has 1 aromatic heterocycles. The monoisotopic (exact) mass is 361 g/mol. The van der Waals surface area contributed by atoms with Gasteiger partial charge in [0.1, 0.15) is 5.75 Å². The summed E-state index contributed by atoms with van der Waals surface area (Å²) < 4.78 is 11.3. The van der Waals surface area contributed by atoms with Crippen molar-refractivity contribution in [1.82, 2.24) is 15.1 Å². The van der Waals surface area contributed by atoms with Crippen molar-refractivity contribution in [1.29, 1.82) is 0 Å². The van der Waals surface area contributed by atoms with Gasteiger partial charge in [0.25, 0.3) is 11.1 Å². The van der Waals surface area contributed by atoms with Gasteiger partial charge in [-0.3, -0.25) is 4.79 Å². The Morgan fingerprint density at radius 2 is 2.24 bits per heavy atom. The molecule has 134 valence electrons. The molecule has 0 radical (unpaired) electrons. The van der Waals surface area contributed by atoms with Crippen molar-refractivity contribution in [3.05, 3.63) is 24.3 Å². The topological polar surface area (TPSA) is 68.5 Å². The molecule has 1 amide bonds. The molecule has 1 aromatic carbocycles. The fraction of sp³-hybridized carbons (Fsp3) is 0.500. The van der Waals surface area contributed by atoms with E-state index in [9.17, 15) is 4.79 Å². The zero-order chi connectivity index (χ0) is 17.6. The van der Waals surface area contributed by atoms with Crippen LogP contribution >= 0.6 is 11.8 Å². The lowest BCUT2D eigenvalue weighted by Crippen LogP contribution is -2.40. The molecule has 1 aliphatic heterocycles. The molecule has 1 unspecified atom stereocenters. The van der Waals surface area contributed by atoms with E-state index in [0.717, 1.165) is 25.1 Å². The summed E-state index contributed by atoms with van der Waals surface area (Å²) in [5.41, 5.74) is 0.764. The van der Waals surface area contributed by atoms with Gasteiger partial charge in [-0.25, -0.2) is 0 Å². The first-order chi connectivity index (χ1) is 12.2. The summed E-state index contributed by atoms with van der Waals surface area (Å²) in [6.07, 6.45) is 2.28. The van der Waals surface area contributed by atoms with Gasteiger partial charge in [-0.05, 0) is 37.8 Å². The summed E-state index contributed by atoms with van der Waals surface area (Å²) in [5.74, 6) is 2.15. The first kappa shape index (κ1) is 17.8. The summed E-state index contributed by atoms with van der Waals surface area (Å²) in [6.45, 7) is 6.37. The molecule has 0 saturated carbocycles. The molecule has 0 bridgehead atoms. The Bertz CT molecular complexity index is 719. The zero-order valence-electron chi connectivity index (χ0n) is 14.6. The minimum atomic E-state index is 0.131. The fourth-order valence-corrected chi connectivity index (χ4v) is 3.60. The second-order valence-corrected chi connectivity index (χ2v) is 7.10. The number of hydrogen-bond donors (Lipinski definition) is 0. The quantitative estimate of drug-likeness (QED) is 0.734. The predicted molar refractivity (Wildman–Crippen MR) is 96.6 cm³/mol. The SMILES string of the molecule is CCOc1ccccc1-c1nnc(SCC(=O)N2CCCC(C)C2)o1. The van der Waals surface area contributed by atoms with Gasteiger partial charge in [-0.2, -0.15) is 0 Å². The Kier molecular flexibility index (Phi) is 5.96. The van der Waals surface area contributed by atoms with Crippen molar-refractivity contribution in [2.24, 2.45) is 5.92 Å². The maximum Gasteiger partial charge on any atom is 0.277 e. The van der Waals surface area contributed by atoms with Gasteiger partial charge in [-0.15, -0.1) is 10.2 Å². The normalized spacial score (nSPS) is 17.5. The highest BCUT2D eigenvalue weighted by atomic mass is 32.2. The average Bonchev–Trinajstić information content (AvgIpc) is 3.09. The number of para-hydroxylation sites is 1. The van der Waals surface area contributed by atoms with Crippen LogP contribution in [0.2, 0.25) is 0 Å². The van der Waals surface area contributed by atoms with Crippen LogP contribution in [0.25, 0.3) is 11.5 Å². The molecule has 0 N–H and O–H groups in total. The van der Waals surface area contributed by atoms with E-state index in [2.05, 4.69) is 17.1 Å². The molecule has 0 aliphatic carbocycles. The van der Waals surface area contributed by atoms with Crippen LogP contribution in [0.1, 0.15) is 26.7 Å². The van der Waals surface area contributed by atoms with E-state index in [1.165, 1.54) is 18.2 Å². The fourth-order valence-electron chi connectivity index (χ4n) is 2.93. The third kappa shape index (κ3) is 4.54. The van der Waals surface area contributed by atoms with Crippen LogP contribution in [0.5, 0.6) is 5.75 Å². The van der Waals surface area contributed by atoms with Crippen LogP contribution < -0.4 is 4.74 Å². The molecule has 25 heavy (non-hydrogen) atoms. The summed E-state index contributed by atoms with van der Waals surface area (Å²) in [5, 5.41) is 8.54. The lowest BCUT2D eigenvalue weighted by molar-refractivity contribution is -0.130. The second kappa shape index (κ2) is 8.38. The maximum atomic E-state index is 12.3. The van der Waals surface area contributed by atoms with E-state index in [1.54, 1.807) is 0 Å². The van der Waals surface area contributed by atoms with Gasteiger partial charge in [0.15, 0.2) is 0 Å². The number of piperidine rings is 1. The number of nitrogens with zero attached hydrogens (tertiary/aromatic N) is 3. The molecule has 2 heterocycles. The highest BCUT2D eigenvalue weighted by molar-refractivity contribution is 7.99. The lowest BCUT2D eigenvalue weighted by Gasteiger charge is -2.30. The van der Waals surface area contributed by atoms with Gasteiger partial charge in [0.2, 0.25) is 5.91 Å². The van der Waals surface area contributed by atoms with Crippen LogP contribution in [0.15, 0.2) is 33.9 Å². The molecule has 6 nitrogen and oxygen atoms in total. The Labute approximate surface area is 151 Å². The second-order valence-electron chi connectivity index (χ2n) is 6.18. The summed E-state index contributed by atoms with van der Waals surface area (Å²) in [6, 6.07) is 7.55. The van der Waals surface area contributed by atoms with Crippen LogP contribution in [0.4, 0.5) is 0 Å². The van der Waals surface area contributed by atoms with Crippen molar-refractivity contribution in [2.45, 2.75) is 31.9 Å². The zero-order valence-corrected chi connectivity index (χ0v) is 15.4. The Morgan fingerprint density at radius 3 is 3.04 bits per heavy atom. The van der Waals surface area contributed by atoms with Crippen LogP contribution in [0, 0.1) is 5.92 Å². The number of likely N-dealkylation sites (tertiary alicyclic amines) is 1. The molecule has 1 aliphatic rings. The largest absolute Gasteiger partial charge is 0.493 e. The first-order valence-corrected chi connectivity index (χ1v) is 9.62. The van der Waals surface area contributed by atoms with Crippen LogP contribution in [-0.4, -0.2) is 46.5 Å². The molecule has 2 aromatic rings. The highest BCUT2D eigenvalue weighted by Crippen LogP contribution is 2.30. The predicted octanol–water partition coefficient (Wildman–Crippen LogP) is 3.49. The van der Waals surface area contributed by atoms with Crippen LogP contribution in [-0.2, 0) is 4.79 Å². The third-order valence-electron chi connectivity index (χ3n) is 4.15. The molecule has 1 atom stereocenters. The van der Waals surface area contributed by atoms with Crippen molar-refractivity contribution < 1.29 is 13.9 Å². The number of thioether (sulfide) groups is 1. The minimum Gasteiger partial charge on any atom is -0.493 e. The van der Waals surface area contributed by atoms with E-state index in [4.69, 9.17) is 9.15 Å². The van der Waals surface area contributed by atoms with E-state index >= 15 is 0 Å². The molecule has 3 rings (SSSR count). The van der Waals surface area contributed by atoms with Gasteiger partial charge in [-0.1, -0.05) is 30.8 Å². The smallest absolute Gasteiger partial charge is 0.277 e. The molecule has 0 spiro atoms. The molecule has 1 saturated heterocycles. The van der Waals surface area contributed by atoms with Crippen molar-refractivity contribution in [3.63, 3.8) is 0 Å². The number of hydrogen-bond acceptors (Lipinski definition) is 6. The minimum absolute atomic E-state index is 0.131. The van der Waals surface area contributed by atoms with E-state index < -0.39 is 0 Å². The van der Waals surface area contributed by atoms with E-state index in [0.29, 0.717) is 35.1 Å². The first-order valence-electron chi connectivity index (χ1n) is 8.63. The third-order valence-corrected chi connectivity index (χ3v) is 4.96. The molecule has 1 fully saturated rings. The Morgan fingerprint density at radius 1 is 1.40 bits per heavy atom. The number of carbonyl (C=O) groups is 1.